The third kappa shape index (κ3) is 4.46. The Kier molecular flexibility index (Phi) is 4.89. The molecule has 0 bridgehead atoms. The molecule has 0 saturated carbocycles. The van der Waals surface area contributed by atoms with Gasteiger partial charge in [-0.2, -0.15) is 13.2 Å². The predicted octanol–water partition coefficient (Wildman–Crippen LogP) is 6.04. The summed E-state index contributed by atoms with van der Waals surface area (Å²) in [5.41, 5.74) is 0.344. The number of benzene rings is 1. The van der Waals surface area contributed by atoms with Gasteiger partial charge < -0.3 is 5.32 Å². The number of anilines is 1. The maximum atomic E-state index is 12.9. The molecule has 0 saturated heterocycles. The van der Waals surface area contributed by atoms with E-state index in [0.29, 0.717) is 17.0 Å². The van der Waals surface area contributed by atoms with Crippen LogP contribution >= 0.6 is 0 Å². The first-order chi connectivity index (χ1) is 12.9. The van der Waals surface area contributed by atoms with Crippen LogP contribution in [0.1, 0.15) is 46.6 Å². The van der Waals surface area contributed by atoms with E-state index < -0.39 is 11.7 Å². The first kappa shape index (κ1) is 20.2. The second kappa shape index (κ2) is 6.79. The zero-order valence-electron chi connectivity index (χ0n) is 16.7. The summed E-state index contributed by atoms with van der Waals surface area (Å²) in [4.78, 5) is 8.84. The monoisotopic (exact) mass is 390 g/mol. The molecule has 3 rings (SSSR count). The molecule has 0 aliphatic carbocycles. The molecule has 0 radical (unpaired) electrons. The summed E-state index contributed by atoms with van der Waals surface area (Å²) in [6, 6.07) is 6.86. The van der Waals surface area contributed by atoms with Gasteiger partial charge in [-0.25, -0.2) is 9.97 Å². The van der Waals surface area contributed by atoms with Gasteiger partial charge in [0, 0.05) is 23.5 Å². The van der Waals surface area contributed by atoms with Crippen LogP contribution in [-0.2, 0) is 6.18 Å². The van der Waals surface area contributed by atoms with Crippen molar-refractivity contribution in [3.05, 3.63) is 48.3 Å². The third-order valence-electron chi connectivity index (χ3n) is 4.32. The first-order valence-electron chi connectivity index (χ1n) is 9.15. The fourth-order valence-electron chi connectivity index (χ4n) is 3.72. The lowest BCUT2D eigenvalue weighted by atomic mass is 9.82. The van der Waals surface area contributed by atoms with Crippen molar-refractivity contribution in [3.8, 4) is 11.3 Å². The molecule has 0 fully saturated rings. The zero-order chi connectivity index (χ0) is 20.7. The van der Waals surface area contributed by atoms with Gasteiger partial charge in [0.25, 0.3) is 0 Å². The number of rotatable bonds is 4. The van der Waals surface area contributed by atoms with E-state index in [1.54, 1.807) is 12.3 Å². The second-order valence-electron chi connectivity index (χ2n) is 8.92. The fourth-order valence-corrected chi connectivity index (χ4v) is 3.72. The summed E-state index contributed by atoms with van der Waals surface area (Å²) in [6.07, 6.45) is 0.0100. The average Bonchev–Trinajstić information content (AvgIpc) is 2.90. The normalized spacial score (nSPS) is 13.1. The molecule has 28 heavy (non-hydrogen) atoms. The molecular formula is C21H25F3N4. The highest BCUT2D eigenvalue weighted by atomic mass is 19.4. The quantitative estimate of drug-likeness (QED) is 0.590. The van der Waals surface area contributed by atoms with E-state index >= 15 is 0 Å². The van der Waals surface area contributed by atoms with Crippen LogP contribution < -0.4 is 5.32 Å². The van der Waals surface area contributed by atoms with E-state index in [0.717, 1.165) is 24.4 Å². The van der Waals surface area contributed by atoms with Crippen molar-refractivity contribution in [1.82, 2.24) is 14.4 Å². The SMILES string of the molecule is CC(C)(C)CC(C)(C)Nc1c(-c2ccc(C(F)(F)F)cc2)nc2ncccn12. The molecule has 150 valence electrons. The topological polar surface area (TPSA) is 42.2 Å². The van der Waals surface area contributed by atoms with Crippen LogP contribution in [0.4, 0.5) is 19.0 Å². The van der Waals surface area contributed by atoms with Crippen LogP contribution in [0.2, 0.25) is 0 Å². The van der Waals surface area contributed by atoms with Crippen LogP contribution in [0.5, 0.6) is 0 Å². The lowest BCUT2D eigenvalue weighted by molar-refractivity contribution is -0.137. The van der Waals surface area contributed by atoms with E-state index in [9.17, 15) is 13.2 Å². The van der Waals surface area contributed by atoms with Crippen molar-refractivity contribution < 1.29 is 13.2 Å². The maximum absolute atomic E-state index is 12.9. The Morgan fingerprint density at radius 2 is 1.64 bits per heavy atom. The Morgan fingerprint density at radius 3 is 2.21 bits per heavy atom. The molecule has 0 spiro atoms. The predicted molar refractivity (Wildman–Crippen MR) is 105 cm³/mol. The van der Waals surface area contributed by atoms with Crippen molar-refractivity contribution >= 4 is 11.6 Å². The van der Waals surface area contributed by atoms with Crippen molar-refractivity contribution in [1.29, 1.82) is 0 Å². The lowest BCUT2D eigenvalue weighted by Gasteiger charge is -2.34. The highest BCUT2D eigenvalue weighted by Crippen LogP contribution is 2.36. The minimum atomic E-state index is -4.37. The minimum absolute atomic E-state index is 0.101. The summed E-state index contributed by atoms with van der Waals surface area (Å²) >= 11 is 0. The molecule has 2 aromatic heterocycles. The van der Waals surface area contributed by atoms with Crippen LogP contribution in [0.15, 0.2) is 42.7 Å². The summed E-state index contributed by atoms with van der Waals surface area (Å²) < 4.78 is 40.6. The summed E-state index contributed by atoms with van der Waals surface area (Å²) in [5, 5.41) is 3.55. The molecule has 7 heteroatoms. The van der Waals surface area contributed by atoms with E-state index in [-0.39, 0.29) is 11.0 Å². The number of imidazole rings is 1. The smallest absolute Gasteiger partial charge is 0.364 e. The molecule has 0 aliphatic heterocycles. The Hall–Kier alpha value is -2.57. The number of hydrogen-bond donors (Lipinski definition) is 1. The van der Waals surface area contributed by atoms with Gasteiger partial charge in [-0.05, 0) is 43.9 Å². The molecule has 0 aliphatic rings. The number of halogens is 3. The molecule has 3 aromatic rings. The summed E-state index contributed by atoms with van der Waals surface area (Å²) in [7, 11) is 0. The van der Waals surface area contributed by atoms with Gasteiger partial charge in [0.2, 0.25) is 5.78 Å². The van der Waals surface area contributed by atoms with Crippen LogP contribution in [0.25, 0.3) is 17.0 Å². The highest BCUT2D eigenvalue weighted by molar-refractivity contribution is 5.76. The largest absolute Gasteiger partial charge is 0.416 e. The molecular weight excluding hydrogens is 365 g/mol. The number of aromatic nitrogens is 3. The fraction of sp³-hybridized carbons (Fsp3) is 0.429. The zero-order valence-corrected chi connectivity index (χ0v) is 16.7. The van der Waals surface area contributed by atoms with Gasteiger partial charge in [0.15, 0.2) is 0 Å². The number of hydrogen-bond acceptors (Lipinski definition) is 3. The maximum Gasteiger partial charge on any atom is 0.416 e. The number of fused-ring (bicyclic) bond motifs is 1. The van der Waals surface area contributed by atoms with Gasteiger partial charge in [-0.3, -0.25) is 4.40 Å². The van der Waals surface area contributed by atoms with Gasteiger partial charge >= 0.3 is 6.18 Å². The van der Waals surface area contributed by atoms with E-state index in [1.807, 2.05) is 10.6 Å². The number of nitrogens with one attached hydrogen (secondary N) is 1. The molecule has 4 nitrogen and oxygen atoms in total. The van der Waals surface area contributed by atoms with Gasteiger partial charge in [0.1, 0.15) is 11.5 Å². The van der Waals surface area contributed by atoms with Gasteiger partial charge in [-0.1, -0.05) is 32.9 Å². The van der Waals surface area contributed by atoms with Crippen molar-refractivity contribution in [3.63, 3.8) is 0 Å². The standard InChI is InChI=1S/C21H25F3N4/c1-19(2,3)13-20(4,5)27-17-16(26-18-25-11-6-12-28(17)18)14-7-9-15(10-8-14)21(22,23)24/h6-12,27H,13H2,1-5H3. The van der Waals surface area contributed by atoms with Crippen LogP contribution in [0, 0.1) is 5.41 Å². The van der Waals surface area contributed by atoms with Crippen LogP contribution in [0.3, 0.4) is 0 Å². The van der Waals surface area contributed by atoms with E-state index in [2.05, 4.69) is 49.9 Å². The van der Waals surface area contributed by atoms with Crippen molar-refractivity contribution in [2.24, 2.45) is 5.41 Å². The lowest BCUT2D eigenvalue weighted by Crippen LogP contribution is -2.36. The Bertz CT molecular complexity index is 964. The summed E-state index contributed by atoms with van der Waals surface area (Å²) in [6.45, 7) is 10.7. The number of alkyl halides is 3. The van der Waals surface area contributed by atoms with Gasteiger partial charge in [-0.15, -0.1) is 0 Å². The Labute approximate surface area is 162 Å². The Morgan fingerprint density at radius 1 is 1.00 bits per heavy atom. The molecule has 1 N–H and O–H groups in total. The molecule has 0 atom stereocenters. The molecule has 0 unspecified atom stereocenters. The first-order valence-corrected chi connectivity index (χ1v) is 9.15. The molecule has 1 aromatic carbocycles. The van der Waals surface area contributed by atoms with E-state index in [1.165, 1.54) is 12.1 Å². The summed E-state index contributed by atoms with van der Waals surface area (Å²) in [5.74, 6) is 1.21. The van der Waals surface area contributed by atoms with Crippen LogP contribution in [-0.4, -0.2) is 19.9 Å². The van der Waals surface area contributed by atoms with Crippen molar-refractivity contribution in [2.45, 2.75) is 52.8 Å². The highest BCUT2D eigenvalue weighted by Gasteiger charge is 2.31. The van der Waals surface area contributed by atoms with E-state index in [4.69, 9.17) is 0 Å². The average molecular weight is 390 g/mol. The minimum Gasteiger partial charge on any atom is -0.364 e. The molecule has 0 amide bonds. The number of nitrogens with zero attached hydrogens (tertiary/aromatic N) is 3. The van der Waals surface area contributed by atoms with Crippen molar-refractivity contribution in [2.75, 3.05) is 5.32 Å². The third-order valence-corrected chi connectivity index (χ3v) is 4.32. The molecule has 2 heterocycles. The van der Waals surface area contributed by atoms with Gasteiger partial charge in [0.05, 0.1) is 5.56 Å². The Balaban J connectivity index is 2.07. The second-order valence-corrected chi connectivity index (χ2v) is 8.92.